The summed E-state index contributed by atoms with van der Waals surface area (Å²) < 4.78 is 1.49. The molecule has 2 amide bonds. The first-order chi connectivity index (χ1) is 12.5. The number of urea groups is 1. The molecular weight excluding hydrogens is 330 g/mol. The third kappa shape index (κ3) is 5.08. The number of aromatic amines is 1. The molecular formula is C19H27N5O2. The highest BCUT2D eigenvalue weighted by molar-refractivity contribution is 6.01. The third-order valence-electron chi connectivity index (χ3n) is 4.19. The summed E-state index contributed by atoms with van der Waals surface area (Å²) in [5.74, 6) is 0. The van der Waals surface area contributed by atoms with Crippen molar-refractivity contribution in [2.45, 2.75) is 52.4 Å². The second kappa shape index (κ2) is 9.60. The normalized spacial score (nSPS) is 11.5. The topological polar surface area (TPSA) is 105 Å². The standard InChI is InChI=1S/C19H27N5O2/c1-3-4-5-6-10-13-16(21-22-19(20)26)17-14(2)23-24(18(17)25)15-11-8-7-9-12-15/h7-9,11-12,23H,3-6,10,13H2,1-2H3,(H3,20,22,26)/b21-16-. The van der Waals surface area contributed by atoms with Crippen LogP contribution in [-0.4, -0.2) is 21.5 Å². The number of primary amides is 1. The van der Waals surface area contributed by atoms with E-state index in [9.17, 15) is 9.59 Å². The predicted octanol–water partition coefficient (Wildman–Crippen LogP) is 3.21. The molecule has 0 aliphatic heterocycles. The van der Waals surface area contributed by atoms with Crippen molar-refractivity contribution in [3.05, 3.63) is 51.9 Å². The molecule has 0 saturated carbocycles. The smallest absolute Gasteiger partial charge is 0.332 e. The number of aromatic nitrogens is 2. The summed E-state index contributed by atoms with van der Waals surface area (Å²) in [6, 6.07) is 8.59. The van der Waals surface area contributed by atoms with Crippen LogP contribution in [0.2, 0.25) is 0 Å². The fourth-order valence-corrected chi connectivity index (χ4v) is 2.90. The zero-order chi connectivity index (χ0) is 18.9. The van der Waals surface area contributed by atoms with Crippen molar-refractivity contribution >= 4 is 11.7 Å². The van der Waals surface area contributed by atoms with Gasteiger partial charge in [0.15, 0.2) is 0 Å². The average molecular weight is 357 g/mol. The van der Waals surface area contributed by atoms with Gasteiger partial charge in [0.2, 0.25) is 0 Å². The molecule has 0 aliphatic rings. The van der Waals surface area contributed by atoms with Gasteiger partial charge < -0.3 is 5.73 Å². The number of amides is 2. The summed E-state index contributed by atoms with van der Waals surface area (Å²) in [7, 11) is 0. The van der Waals surface area contributed by atoms with Gasteiger partial charge in [-0.25, -0.2) is 14.9 Å². The van der Waals surface area contributed by atoms with Crippen molar-refractivity contribution in [2.24, 2.45) is 10.8 Å². The Bertz CT molecular complexity index is 805. The van der Waals surface area contributed by atoms with Crippen LogP contribution in [0.1, 0.15) is 56.7 Å². The molecule has 0 bridgehead atoms. The molecule has 26 heavy (non-hydrogen) atoms. The number of nitrogens with one attached hydrogen (secondary N) is 2. The van der Waals surface area contributed by atoms with Crippen molar-refractivity contribution in [1.82, 2.24) is 15.2 Å². The van der Waals surface area contributed by atoms with E-state index in [-0.39, 0.29) is 5.56 Å². The molecule has 1 aromatic carbocycles. The number of carbonyl (C=O) groups excluding carboxylic acids is 1. The molecule has 4 N–H and O–H groups in total. The minimum absolute atomic E-state index is 0.188. The molecule has 0 unspecified atom stereocenters. The number of para-hydroxylation sites is 1. The Kier molecular flexibility index (Phi) is 7.20. The van der Waals surface area contributed by atoms with E-state index in [2.05, 4.69) is 22.5 Å². The van der Waals surface area contributed by atoms with Gasteiger partial charge >= 0.3 is 6.03 Å². The van der Waals surface area contributed by atoms with Gasteiger partial charge in [-0.1, -0.05) is 50.8 Å². The van der Waals surface area contributed by atoms with E-state index in [1.54, 1.807) is 0 Å². The van der Waals surface area contributed by atoms with Crippen LogP contribution in [0.5, 0.6) is 0 Å². The van der Waals surface area contributed by atoms with E-state index in [0.29, 0.717) is 23.4 Å². The second-order valence-electron chi connectivity index (χ2n) is 6.29. The maximum absolute atomic E-state index is 12.9. The summed E-state index contributed by atoms with van der Waals surface area (Å²) in [5.41, 5.74) is 9.70. The maximum atomic E-state index is 12.9. The molecule has 1 aromatic heterocycles. The van der Waals surface area contributed by atoms with E-state index in [4.69, 9.17) is 5.73 Å². The zero-order valence-corrected chi connectivity index (χ0v) is 15.4. The van der Waals surface area contributed by atoms with Gasteiger partial charge in [0.25, 0.3) is 5.56 Å². The Hall–Kier alpha value is -2.83. The van der Waals surface area contributed by atoms with Crippen molar-refractivity contribution < 1.29 is 4.79 Å². The lowest BCUT2D eigenvalue weighted by Gasteiger charge is -2.05. The summed E-state index contributed by atoms with van der Waals surface area (Å²) in [5, 5.41) is 7.19. The highest BCUT2D eigenvalue weighted by atomic mass is 16.2. The molecule has 2 rings (SSSR count). The van der Waals surface area contributed by atoms with Crippen molar-refractivity contribution in [1.29, 1.82) is 0 Å². The molecule has 7 heteroatoms. The number of H-pyrrole nitrogens is 1. The van der Waals surface area contributed by atoms with E-state index in [0.717, 1.165) is 24.9 Å². The van der Waals surface area contributed by atoms with E-state index >= 15 is 0 Å². The van der Waals surface area contributed by atoms with E-state index in [1.807, 2.05) is 37.3 Å². The van der Waals surface area contributed by atoms with Crippen molar-refractivity contribution in [3.63, 3.8) is 0 Å². The van der Waals surface area contributed by atoms with Crippen LogP contribution in [0.3, 0.4) is 0 Å². The maximum Gasteiger partial charge on any atom is 0.332 e. The van der Waals surface area contributed by atoms with Crippen LogP contribution in [0.25, 0.3) is 5.69 Å². The molecule has 0 aliphatic carbocycles. The summed E-state index contributed by atoms with van der Waals surface area (Å²) in [4.78, 5) is 24.0. The Morgan fingerprint density at radius 3 is 2.54 bits per heavy atom. The number of aryl methyl sites for hydroxylation is 1. The van der Waals surface area contributed by atoms with Gasteiger partial charge in [-0.15, -0.1) is 0 Å². The molecule has 0 spiro atoms. The van der Waals surface area contributed by atoms with Crippen molar-refractivity contribution in [3.8, 4) is 5.69 Å². The van der Waals surface area contributed by atoms with E-state index in [1.165, 1.54) is 17.5 Å². The molecule has 0 atom stereocenters. The average Bonchev–Trinajstić information content (AvgIpc) is 2.93. The number of nitrogens with two attached hydrogens (primary N) is 1. The van der Waals surface area contributed by atoms with Gasteiger partial charge in [-0.3, -0.25) is 9.89 Å². The monoisotopic (exact) mass is 357 g/mol. The first-order valence-electron chi connectivity index (χ1n) is 9.04. The number of hydrazone groups is 1. The lowest BCUT2D eigenvalue weighted by atomic mass is 10.0. The molecule has 140 valence electrons. The second-order valence-corrected chi connectivity index (χ2v) is 6.29. The van der Waals surface area contributed by atoms with Gasteiger partial charge in [0, 0.05) is 5.69 Å². The van der Waals surface area contributed by atoms with Crippen LogP contribution < -0.4 is 16.7 Å². The number of benzene rings is 1. The lowest BCUT2D eigenvalue weighted by molar-refractivity contribution is 0.249. The van der Waals surface area contributed by atoms with Gasteiger partial charge in [-0.05, 0) is 31.9 Å². The zero-order valence-electron chi connectivity index (χ0n) is 15.4. The highest BCUT2D eigenvalue weighted by Gasteiger charge is 2.18. The predicted molar refractivity (Wildman–Crippen MR) is 104 cm³/mol. The Morgan fingerprint density at radius 1 is 1.19 bits per heavy atom. The first-order valence-corrected chi connectivity index (χ1v) is 9.04. The van der Waals surface area contributed by atoms with Crippen LogP contribution in [0.15, 0.2) is 40.2 Å². The molecule has 0 fully saturated rings. The third-order valence-corrected chi connectivity index (χ3v) is 4.19. The lowest BCUT2D eigenvalue weighted by Crippen LogP contribution is -2.28. The first kappa shape index (κ1) is 19.5. The fraction of sp³-hybridized carbons (Fsp3) is 0.421. The molecule has 0 saturated heterocycles. The van der Waals surface area contributed by atoms with Gasteiger partial charge in [0.05, 0.1) is 17.0 Å². The largest absolute Gasteiger partial charge is 0.350 e. The van der Waals surface area contributed by atoms with Crippen LogP contribution in [0.4, 0.5) is 4.79 Å². The molecule has 1 heterocycles. The minimum atomic E-state index is -0.745. The Morgan fingerprint density at radius 2 is 1.88 bits per heavy atom. The van der Waals surface area contributed by atoms with Crippen LogP contribution in [0, 0.1) is 6.92 Å². The van der Waals surface area contributed by atoms with E-state index < -0.39 is 6.03 Å². The number of nitrogens with zero attached hydrogens (tertiary/aromatic N) is 2. The number of unbranched alkanes of at least 4 members (excludes halogenated alkanes) is 4. The fourth-order valence-electron chi connectivity index (χ4n) is 2.90. The minimum Gasteiger partial charge on any atom is -0.350 e. The van der Waals surface area contributed by atoms with Gasteiger partial charge in [0.1, 0.15) is 0 Å². The number of rotatable bonds is 9. The Balaban J connectivity index is 2.29. The van der Waals surface area contributed by atoms with Crippen LogP contribution in [-0.2, 0) is 0 Å². The summed E-state index contributed by atoms with van der Waals surface area (Å²) in [6.45, 7) is 3.99. The van der Waals surface area contributed by atoms with Gasteiger partial charge in [-0.2, -0.15) is 5.10 Å². The van der Waals surface area contributed by atoms with Crippen molar-refractivity contribution in [2.75, 3.05) is 0 Å². The molecule has 2 aromatic rings. The quantitative estimate of drug-likeness (QED) is 0.364. The Labute approximate surface area is 153 Å². The number of carbonyl (C=O) groups is 1. The van der Waals surface area contributed by atoms with Crippen LogP contribution >= 0.6 is 0 Å². The molecule has 7 nitrogen and oxygen atoms in total. The summed E-state index contributed by atoms with van der Waals surface area (Å²) >= 11 is 0. The molecule has 0 radical (unpaired) electrons. The highest BCUT2D eigenvalue weighted by Crippen LogP contribution is 2.13. The SMILES string of the molecule is CCCCCCC/C(=N/NC(N)=O)c1c(C)[nH]n(-c2ccccc2)c1=O. The number of hydrogen-bond donors (Lipinski definition) is 3. The summed E-state index contributed by atoms with van der Waals surface area (Å²) in [6.07, 6.45) is 6.06. The number of hydrogen-bond acceptors (Lipinski definition) is 3.